The van der Waals surface area contributed by atoms with Crippen LogP contribution in [0.3, 0.4) is 0 Å². The zero-order valence-corrected chi connectivity index (χ0v) is 12.0. The molecule has 0 aliphatic rings. The summed E-state index contributed by atoms with van der Waals surface area (Å²) >= 11 is 0. The van der Waals surface area contributed by atoms with Gasteiger partial charge in [-0.1, -0.05) is 0 Å². The summed E-state index contributed by atoms with van der Waals surface area (Å²) in [6.07, 6.45) is 3.65. The van der Waals surface area contributed by atoms with Gasteiger partial charge in [-0.3, -0.25) is 9.05 Å². The summed E-state index contributed by atoms with van der Waals surface area (Å²) in [7, 11) is -2.74. The third-order valence-corrected chi connectivity index (χ3v) is 6.65. The molecular weight excluding hydrogens is 263 g/mol. The van der Waals surface area contributed by atoms with Gasteiger partial charge >= 0.3 is 7.82 Å². The lowest BCUT2D eigenvalue weighted by atomic mass is 10.3. The van der Waals surface area contributed by atoms with E-state index < -0.39 is 18.1 Å². The quantitative estimate of drug-likeness (QED) is 0.839. The van der Waals surface area contributed by atoms with Gasteiger partial charge in [0.25, 0.3) is 0 Å². The highest BCUT2D eigenvalue weighted by molar-refractivity contribution is 8.30. The number of phenolic OH excluding ortho intramolecular Hbond substituents is 1. The van der Waals surface area contributed by atoms with E-state index in [0.29, 0.717) is 0 Å². The van der Waals surface area contributed by atoms with E-state index in [1.807, 2.05) is 12.5 Å². The molecule has 1 aromatic carbocycles. The van der Waals surface area contributed by atoms with Crippen molar-refractivity contribution in [3.63, 3.8) is 0 Å². The Labute approximate surface area is 103 Å². The minimum absolute atomic E-state index is 0.172. The Morgan fingerprint density at radius 2 is 1.59 bits per heavy atom. The number of phosphoric ester groups is 1. The van der Waals surface area contributed by atoms with Crippen LogP contribution in [-0.2, 0) is 17.6 Å². The second-order valence-electron chi connectivity index (χ2n) is 3.61. The maximum atomic E-state index is 11.9. The Balaban J connectivity index is 2.95. The van der Waals surface area contributed by atoms with Crippen molar-refractivity contribution >= 4 is 18.1 Å². The van der Waals surface area contributed by atoms with Crippen molar-refractivity contribution in [3.05, 3.63) is 24.3 Å². The van der Waals surface area contributed by atoms with Gasteiger partial charge in [-0.2, -0.15) is 0 Å². The van der Waals surface area contributed by atoms with E-state index in [0.717, 1.165) is 4.90 Å². The van der Waals surface area contributed by atoms with E-state index >= 15 is 0 Å². The first-order valence-corrected chi connectivity index (χ1v) is 8.61. The van der Waals surface area contributed by atoms with Crippen molar-refractivity contribution in [2.45, 2.75) is 4.90 Å². The second-order valence-corrected chi connectivity index (χ2v) is 8.77. The molecule has 0 atom stereocenters. The number of benzene rings is 1. The molecule has 0 spiro atoms. The highest BCUT2D eigenvalue weighted by atomic mass is 32.3. The van der Waals surface area contributed by atoms with Gasteiger partial charge in [0.1, 0.15) is 5.75 Å². The lowest BCUT2D eigenvalue weighted by Gasteiger charge is -2.32. The first kappa shape index (κ1) is 14.5. The summed E-state index contributed by atoms with van der Waals surface area (Å²) in [6.45, 7) is 0. The van der Waals surface area contributed by atoms with Gasteiger partial charge in [-0.25, -0.2) is 8.54 Å². The first-order chi connectivity index (χ1) is 7.83. The highest BCUT2D eigenvalue weighted by Gasteiger charge is 2.31. The van der Waals surface area contributed by atoms with Crippen LogP contribution in [-0.4, -0.2) is 31.8 Å². The largest absolute Gasteiger partial charge is 0.508 e. The number of aromatic hydroxyl groups is 1. The van der Waals surface area contributed by atoms with Crippen LogP contribution in [0.25, 0.3) is 0 Å². The fourth-order valence-corrected chi connectivity index (χ4v) is 4.78. The number of hydrogen-bond acceptors (Lipinski definition) is 5. The van der Waals surface area contributed by atoms with Crippen molar-refractivity contribution in [2.24, 2.45) is 0 Å². The van der Waals surface area contributed by atoms with Crippen LogP contribution in [0, 0.1) is 0 Å². The van der Waals surface area contributed by atoms with E-state index in [2.05, 4.69) is 0 Å². The van der Waals surface area contributed by atoms with Crippen molar-refractivity contribution in [2.75, 3.05) is 26.7 Å². The van der Waals surface area contributed by atoms with Gasteiger partial charge in [0.05, 0.1) is 0 Å². The van der Waals surface area contributed by atoms with Crippen LogP contribution < -0.4 is 0 Å². The summed E-state index contributed by atoms with van der Waals surface area (Å²) in [5.74, 6) is 0.172. The number of phenols is 1. The molecule has 5 nitrogen and oxygen atoms in total. The van der Waals surface area contributed by atoms with E-state index in [1.165, 1.54) is 14.2 Å². The van der Waals surface area contributed by atoms with Crippen molar-refractivity contribution in [3.8, 4) is 5.75 Å². The van der Waals surface area contributed by atoms with Crippen LogP contribution in [0.5, 0.6) is 5.75 Å². The third kappa shape index (κ3) is 3.72. The van der Waals surface area contributed by atoms with Gasteiger partial charge in [0.15, 0.2) is 0 Å². The van der Waals surface area contributed by atoms with Crippen LogP contribution in [0.1, 0.15) is 0 Å². The summed E-state index contributed by atoms with van der Waals surface area (Å²) in [4.78, 5) is 0.838. The Bertz CT molecular complexity index is 409. The summed E-state index contributed by atoms with van der Waals surface area (Å²) in [6, 6.07) is 6.55. The molecule has 0 unspecified atom stereocenters. The molecule has 1 N–H and O–H groups in total. The minimum Gasteiger partial charge on any atom is -0.508 e. The zero-order chi connectivity index (χ0) is 13.1. The van der Waals surface area contributed by atoms with E-state index in [4.69, 9.17) is 13.0 Å². The summed E-state index contributed by atoms with van der Waals surface area (Å²) < 4.78 is 26.9. The molecule has 0 saturated heterocycles. The van der Waals surface area contributed by atoms with Gasteiger partial charge in [0, 0.05) is 19.1 Å². The molecule has 0 radical (unpaired) electrons. The molecule has 0 saturated carbocycles. The van der Waals surface area contributed by atoms with E-state index in [1.54, 1.807) is 24.3 Å². The van der Waals surface area contributed by atoms with Crippen LogP contribution in [0.15, 0.2) is 29.2 Å². The molecule has 17 heavy (non-hydrogen) atoms. The molecule has 0 bridgehead atoms. The molecule has 98 valence electrons. The Morgan fingerprint density at radius 3 is 2.00 bits per heavy atom. The molecule has 0 aliphatic heterocycles. The Kier molecular flexibility index (Phi) is 4.63. The molecule has 0 fully saturated rings. The SMILES string of the molecule is COP(=O)(OC)OS(C)(C)c1ccc(O)cc1. The fourth-order valence-electron chi connectivity index (χ4n) is 1.18. The van der Waals surface area contributed by atoms with E-state index in [-0.39, 0.29) is 5.75 Å². The van der Waals surface area contributed by atoms with Crippen molar-refractivity contribution < 1.29 is 22.7 Å². The predicted molar refractivity (Wildman–Crippen MR) is 68.5 cm³/mol. The monoisotopic (exact) mass is 280 g/mol. The zero-order valence-electron chi connectivity index (χ0n) is 10.2. The normalized spacial score (nSPS) is 13.6. The molecular formula is C10H17O5PS. The molecule has 0 aliphatic carbocycles. The van der Waals surface area contributed by atoms with Gasteiger partial charge in [0.2, 0.25) is 0 Å². The molecule has 0 heterocycles. The molecule has 1 rings (SSSR count). The fraction of sp³-hybridized carbons (Fsp3) is 0.400. The molecule has 0 aromatic heterocycles. The maximum absolute atomic E-state index is 11.9. The maximum Gasteiger partial charge on any atom is 0.484 e. The Hall–Kier alpha value is -0.520. The topological polar surface area (TPSA) is 65.0 Å². The number of phosphoric acid groups is 1. The second kappa shape index (κ2) is 5.42. The van der Waals surface area contributed by atoms with Gasteiger partial charge < -0.3 is 5.11 Å². The third-order valence-electron chi connectivity index (χ3n) is 2.13. The highest BCUT2D eigenvalue weighted by Crippen LogP contribution is 2.64. The predicted octanol–water partition coefficient (Wildman–Crippen LogP) is 3.15. The smallest absolute Gasteiger partial charge is 0.484 e. The Morgan fingerprint density at radius 1 is 1.12 bits per heavy atom. The number of hydrogen-bond donors (Lipinski definition) is 1. The van der Waals surface area contributed by atoms with Gasteiger partial charge in [-0.15, -0.1) is 10.3 Å². The summed E-state index contributed by atoms with van der Waals surface area (Å²) in [5.41, 5.74) is 0. The lowest BCUT2D eigenvalue weighted by molar-refractivity contribution is 0.218. The standard InChI is InChI=1S/C10H17O5PS/c1-13-16(12,14-2)15-17(3,4)10-7-5-9(11)6-8-10/h5-8,11H,1-4H3. The van der Waals surface area contributed by atoms with Gasteiger partial charge in [-0.05, 0) is 36.8 Å². The summed E-state index contributed by atoms with van der Waals surface area (Å²) in [5, 5.41) is 9.21. The lowest BCUT2D eigenvalue weighted by Crippen LogP contribution is -2.02. The average molecular weight is 280 g/mol. The first-order valence-electron chi connectivity index (χ1n) is 4.78. The van der Waals surface area contributed by atoms with E-state index in [9.17, 15) is 9.67 Å². The minimum atomic E-state index is -3.51. The van der Waals surface area contributed by atoms with Crippen LogP contribution in [0.2, 0.25) is 0 Å². The van der Waals surface area contributed by atoms with Crippen molar-refractivity contribution in [1.82, 2.24) is 0 Å². The molecule has 7 heteroatoms. The number of rotatable bonds is 5. The van der Waals surface area contributed by atoms with Crippen LogP contribution >= 0.6 is 18.1 Å². The molecule has 0 amide bonds. The molecule has 1 aromatic rings. The average Bonchev–Trinajstić information content (AvgIpc) is 2.29. The van der Waals surface area contributed by atoms with Crippen LogP contribution in [0.4, 0.5) is 0 Å². The van der Waals surface area contributed by atoms with Crippen molar-refractivity contribution in [1.29, 1.82) is 0 Å².